The molecule has 0 aliphatic heterocycles. The van der Waals surface area contributed by atoms with Crippen molar-refractivity contribution in [1.82, 2.24) is 9.38 Å². The molecule has 5 rings (SSSR count). The number of aliphatic hydroxyl groups excluding tert-OH is 1. The van der Waals surface area contributed by atoms with Gasteiger partial charge in [-0.05, 0) is 85.6 Å². The smallest absolute Gasteiger partial charge is 0.335 e. The van der Waals surface area contributed by atoms with Gasteiger partial charge in [0.1, 0.15) is 0 Å². The number of carbonyl (C=O) groups is 1. The summed E-state index contributed by atoms with van der Waals surface area (Å²) in [6.07, 6.45) is 9.61. The molecule has 5 heteroatoms. The van der Waals surface area contributed by atoms with E-state index in [-0.39, 0.29) is 5.92 Å². The van der Waals surface area contributed by atoms with Gasteiger partial charge in [-0.3, -0.25) is 0 Å². The molecule has 0 spiro atoms. The van der Waals surface area contributed by atoms with Crippen LogP contribution in [0.2, 0.25) is 0 Å². The molecule has 1 aromatic carbocycles. The second kappa shape index (κ2) is 7.30. The summed E-state index contributed by atoms with van der Waals surface area (Å²) in [6, 6.07) is 11.6. The predicted molar refractivity (Wildman–Crippen MR) is 110 cm³/mol. The molecule has 150 valence electrons. The zero-order valence-corrected chi connectivity index (χ0v) is 16.4. The maximum Gasteiger partial charge on any atom is 0.335 e. The number of fused-ring (bicyclic) bond motifs is 1. The topological polar surface area (TPSA) is 74.8 Å². The number of aliphatic hydroxyl groups is 1. The van der Waals surface area contributed by atoms with Crippen molar-refractivity contribution in [2.45, 2.75) is 56.5 Å². The zero-order chi connectivity index (χ0) is 20.0. The lowest BCUT2D eigenvalue weighted by molar-refractivity contribution is 0.0696. The number of carboxylic acid groups (broad SMARTS) is 1. The highest BCUT2D eigenvalue weighted by atomic mass is 16.4. The average Bonchev–Trinajstić information content (AvgIpc) is 3.49. The quantitative estimate of drug-likeness (QED) is 0.649. The van der Waals surface area contributed by atoms with Crippen LogP contribution in [0.25, 0.3) is 5.52 Å². The van der Waals surface area contributed by atoms with Crippen molar-refractivity contribution in [2.24, 2.45) is 5.92 Å². The highest BCUT2D eigenvalue weighted by Crippen LogP contribution is 2.47. The van der Waals surface area contributed by atoms with Gasteiger partial charge in [0.25, 0.3) is 0 Å². The highest BCUT2D eigenvalue weighted by molar-refractivity contribution is 5.87. The SMILES string of the molecule is O=C(O)c1ccc(C2CCC([C@@H](O)c3c(C4CC4)ccc4cncn34)CC2)cc1. The largest absolute Gasteiger partial charge is 0.478 e. The Bertz CT molecular complexity index is 1030. The number of benzene rings is 1. The fourth-order valence-electron chi connectivity index (χ4n) is 4.97. The van der Waals surface area contributed by atoms with Crippen molar-refractivity contribution in [2.75, 3.05) is 0 Å². The maximum absolute atomic E-state index is 11.4. The van der Waals surface area contributed by atoms with E-state index in [1.807, 2.05) is 24.7 Å². The summed E-state index contributed by atoms with van der Waals surface area (Å²) in [6.45, 7) is 0. The standard InChI is InChI=1S/C24H26N2O3/c27-23(22-21(17-5-6-17)12-11-20-13-25-14-26(20)22)18-7-1-15(2-8-18)16-3-9-19(10-4-16)24(28)29/h3-4,9-15,17-18,23,27H,1-2,5-8H2,(H,28,29)/t15?,18?,23-/m1/s1. The van der Waals surface area contributed by atoms with E-state index >= 15 is 0 Å². The third-order valence-corrected chi connectivity index (χ3v) is 6.80. The van der Waals surface area contributed by atoms with Crippen LogP contribution in [0, 0.1) is 5.92 Å². The summed E-state index contributed by atoms with van der Waals surface area (Å²) in [7, 11) is 0. The number of aromatic carboxylic acids is 1. The molecule has 2 aromatic heterocycles. The highest BCUT2D eigenvalue weighted by Gasteiger charge is 2.34. The van der Waals surface area contributed by atoms with Gasteiger partial charge < -0.3 is 14.6 Å². The fourth-order valence-corrected chi connectivity index (χ4v) is 4.97. The Labute approximate surface area is 170 Å². The lowest BCUT2D eigenvalue weighted by atomic mass is 9.75. The van der Waals surface area contributed by atoms with Gasteiger partial charge in [0, 0.05) is 0 Å². The van der Waals surface area contributed by atoms with Crippen LogP contribution < -0.4 is 0 Å². The first-order chi connectivity index (χ1) is 14.1. The van der Waals surface area contributed by atoms with E-state index in [4.69, 9.17) is 5.11 Å². The van der Waals surface area contributed by atoms with Crippen LogP contribution in [-0.2, 0) is 0 Å². The molecule has 2 heterocycles. The van der Waals surface area contributed by atoms with Crippen molar-refractivity contribution in [3.8, 4) is 0 Å². The Kier molecular flexibility index (Phi) is 4.63. The van der Waals surface area contributed by atoms with Gasteiger partial charge in [-0.1, -0.05) is 18.2 Å². The van der Waals surface area contributed by atoms with E-state index in [1.54, 1.807) is 12.1 Å². The van der Waals surface area contributed by atoms with Crippen molar-refractivity contribution >= 4 is 11.5 Å². The molecule has 2 N–H and O–H groups in total. The molecule has 2 saturated carbocycles. The third-order valence-electron chi connectivity index (χ3n) is 6.80. The van der Waals surface area contributed by atoms with E-state index in [0.717, 1.165) is 36.9 Å². The Morgan fingerprint density at radius 2 is 1.66 bits per heavy atom. The molecule has 0 saturated heterocycles. The number of aromatic nitrogens is 2. The number of imidazole rings is 1. The molecule has 0 unspecified atom stereocenters. The summed E-state index contributed by atoms with van der Waals surface area (Å²) < 4.78 is 2.08. The predicted octanol–water partition coefficient (Wildman–Crippen LogP) is 4.92. The van der Waals surface area contributed by atoms with E-state index in [9.17, 15) is 9.90 Å². The first kappa shape index (κ1) is 18.4. The second-order valence-corrected chi connectivity index (χ2v) is 8.62. The van der Waals surface area contributed by atoms with Crippen LogP contribution in [-0.4, -0.2) is 25.6 Å². The zero-order valence-electron chi connectivity index (χ0n) is 16.4. The minimum Gasteiger partial charge on any atom is -0.478 e. The van der Waals surface area contributed by atoms with Crippen LogP contribution in [0.4, 0.5) is 0 Å². The van der Waals surface area contributed by atoms with Gasteiger partial charge in [-0.25, -0.2) is 9.78 Å². The average molecular weight is 390 g/mol. The molecule has 29 heavy (non-hydrogen) atoms. The van der Waals surface area contributed by atoms with Gasteiger partial charge in [0.15, 0.2) is 0 Å². The molecule has 2 aliphatic rings. The van der Waals surface area contributed by atoms with Crippen LogP contribution in [0.3, 0.4) is 0 Å². The number of hydrogen-bond donors (Lipinski definition) is 2. The Hall–Kier alpha value is -2.66. The minimum atomic E-state index is -0.886. The molecule has 1 atom stereocenters. The number of hydrogen-bond acceptors (Lipinski definition) is 3. The monoisotopic (exact) mass is 390 g/mol. The summed E-state index contributed by atoms with van der Waals surface area (Å²) in [5.74, 6) is 0.377. The normalized spacial score (nSPS) is 23.2. The molecule has 0 amide bonds. The summed E-state index contributed by atoms with van der Waals surface area (Å²) in [5, 5.41) is 20.4. The Morgan fingerprint density at radius 3 is 2.31 bits per heavy atom. The maximum atomic E-state index is 11.4. The molecule has 2 fully saturated rings. The van der Waals surface area contributed by atoms with Gasteiger partial charge in [-0.15, -0.1) is 0 Å². The molecule has 2 aliphatic carbocycles. The van der Waals surface area contributed by atoms with Gasteiger partial charge in [0.2, 0.25) is 0 Å². The second-order valence-electron chi connectivity index (χ2n) is 8.62. The number of nitrogens with zero attached hydrogens (tertiary/aromatic N) is 2. The molecule has 3 aromatic rings. The van der Waals surface area contributed by atoms with Gasteiger partial charge in [-0.2, -0.15) is 0 Å². The lowest BCUT2D eigenvalue weighted by Crippen LogP contribution is -2.22. The summed E-state index contributed by atoms with van der Waals surface area (Å²) >= 11 is 0. The number of pyridine rings is 1. The fraction of sp³-hybridized carbons (Fsp3) is 0.417. The van der Waals surface area contributed by atoms with E-state index in [2.05, 4.69) is 21.5 Å². The summed E-state index contributed by atoms with van der Waals surface area (Å²) in [5.41, 5.74) is 4.90. The third kappa shape index (κ3) is 3.44. The van der Waals surface area contributed by atoms with Gasteiger partial charge >= 0.3 is 5.97 Å². The van der Waals surface area contributed by atoms with Gasteiger partial charge in [0.05, 0.1) is 35.4 Å². The number of rotatable bonds is 5. The van der Waals surface area contributed by atoms with Crippen molar-refractivity contribution in [3.05, 3.63) is 71.3 Å². The van der Waals surface area contributed by atoms with Crippen molar-refractivity contribution in [3.63, 3.8) is 0 Å². The van der Waals surface area contributed by atoms with E-state index in [0.29, 0.717) is 17.4 Å². The first-order valence-corrected chi connectivity index (χ1v) is 10.6. The molecular weight excluding hydrogens is 364 g/mol. The van der Waals surface area contributed by atoms with E-state index < -0.39 is 12.1 Å². The van der Waals surface area contributed by atoms with Crippen molar-refractivity contribution < 1.29 is 15.0 Å². The summed E-state index contributed by atoms with van der Waals surface area (Å²) in [4.78, 5) is 15.4. The molecule has 5 nitrogen and oxygen atoms in total. The van der Waals surface area contributed by atoms with E-state index in [1.165, 1.54) is 24.0 Å². The first-order valence-electron chi connectivity index (χ1n) is 10.6. The molecule has 0 radical (unpaired) electrons. The Morgan fingerprint density at radius 1 is 0.966 bits per heavy atom. The lowest BCUT2D eigenvalue weighted by Gasteiger charge is -2.33. The molecular formula is C24H26N2O3. The van der Waals surface area contributed by atoms with Crippen LogP contribution in [0.1, 0.15) is 83.6 Å². The molecule has 0 bridgehead atoms. The Balaban J connectivity index is 1.33. The van der Waals surface area contributed by atoms with Crippen LogP contribution in [0.15, 0.2) is 48.9 Å². The minimum absolute atomic E-state index is 0.245. The van der Waals surface area contributed by atoms with Crippen LogP contribution in [0.5, 0.6) is 0 Å². The van der Waals surface area contributed by atoms with Crippen LogP contribution >= 0.6 is 0 Å². The number of carboxylic acids is 1. The van der Waals surface area contributed by atoms with Crippen molar-refractivity contribution in [1.29, 1.82) is 0 Å².